The van der Waals surface area contributed by atoms with Crippen molar-refractivity contribution >= 4 is 17.6 Å². The highest BCUT2D eigenvalue weighted by atomic mass is 32.2. The summed E-state index contributed by atoms with van der Waals surface area (Å²) in [6, 6.07) is 0. The highest BCUT2D eigenvalue weighted by Crippen LogP contribution is 2.33. The molecule has 0 aromatic carbocycles. The Hall–Kier alpha value is -0.270. The van der Waals surface area contributed by atoms with Crippen molar-refractivity contribution in [1.29, 1.82) is 0 Å². The lowest BCUT2D eigenvalue weighted by Gasteiger charge is -2.29. The van der Waals surface area contributed by atoms with Crippen molar-refractivity contribution in [2.24, 2.45) is 4.40 Å². The minimum Gasteiger partial charge on any atom is -0.591 e. The van der Waals surface area contributed by atoms with E-state index in [-0.39, 0.29) is 0 Å². The van der Waals surface area contributed by atoms with Crippen LogP contribution in [0.2, 0.25) is 0 Å². The van der Waals surface area contributed by atoms with E-state index in [4.69, 9.17) is 4.74 Å². The summed E-state index contributed by atoms with van der Waals surface area (Å²) in [5, 5.41) is 0. The molecule has 0 aliphatic carbocycles. The first-order chi connectivity index (χ1) is 7.77. The molecule has 0 aliphatic rings. The molecule has 18 heavy (non-hydrogen) atoms. The molecule has 1 unspecified atom stereocenters. The van der Waals surface area contributed by atoms with E-state index in [0.717, 1.165) is 20.1 Å². The average Bonchev–Trinajstić information content (AvgIpc) is 2.09. The lowest BCUT2D eigenvalue weighted by atomic mass is 10.1. The first-order valence-electron chi connectivity index (χ1n) is 5.48. The van der Waals surface area contributed by atoms with Crippen LogP contribution in [0.4, 0.5) is 13.2 Å². The molecule has 3 nitrogen and oxygen atoms in total. The summed E-state index contributed by atoms with van der Waals surface area (Å²) in [5.41, 5.74) is -2.26. The number of nitrogens with zero attached hydrogens (tertiary/aromatic N) is 1. The predicted molar refractivity (Wildman–Crippen MR) is 67.1 cm³/mol. The number of hydrogen-bond donors (Lipinski definition) is 0. The summed E-state index contributed by atoms with van der Waals surface area (Å²) in [5.74, 6) is 0. The zero-order valence-electron chi connectivity index (χ0n) is 11.5. The Morgan fingerprint density at radius 1 is 1.17 bits per heavy atom. The van der Waals surface area contributed by atoms with Gasteiger partial charge in [0.05, 0.1) is 12.3 Å². The van der Waals surface area contributed by atoms with E-state index in [1.165, 1.54) is 6.92 Å². The lowest BCUT2D eigenvalue weighted by Crippen LogP contribution is -2.44. The normalized spacial score (nSPS) is 18.1. The smallest absolute Gasteiger partial charge is 0.416 e. The summed E-state index contributed by atoms with van der Waals surface area (Å²) in [7, 11) is 0. The molecule has 0 bridgehead atoms. The van der Waals surface area contributed by atoms with E-state index in [0.29, 0.717) is 0 Å². The molecule has 0 fully saturated rings. The van der Waals surface area contributed by atoms with Crippen LogP contribution in [0.25, 0.3) is 0 Å². The van der Waals surface area contributed by atoms with E-state index in [2.05, 4.69) is 4.40 Å². The first-order valence-corrected chi connectivity index (χ1v) is 6.59. The Kier molecular flexibility index (Phi) is 5.71. The van der Waals surface area contributed by atoms with E-state index in [9.17, 15) is 17.7 Å². The second kappa shape index (κ2) is 5.79. The second-order valence-corrected chi connectivity index (χ2v) is 7.38. The van der Waals surface area contributed by atoms with Crippen LogP contribution in [0.5, 0.6) is 0 Å². The Balaban J connectivity index is 4.54. The highest BCUT2D eigenvalue weighted by Gasteiger charge is 2.49. The molecule has 0 heterocycles. The molecule has 0 rings (SSSR count). The molecule has 108 valence electrons. The van der Waals surface area contributed by atoms with Crippen molar-refractivity contribution in [1.82, 2.24) is 0 Å². The number of ether oxygens (including phenoxy) is 1. The summed E-state index contributed by atoms with van der Waals surface area (Å²) >= 11 is -1.50. The van der Waals surface area contributed by atoms with Gasteiger partial charge in [-0.3, -0.25) is 0 Å². The van der Waals surface area contributed by atoms with Gasteiger partial charge in [-0.1, -0.05) is 4.40 Å². The number of halogens is 3. The van der Waals surface area contributed by atoms with Gasteiger partial charge in [0.2, 0.25) is 0 Å². The third kappa shape index (κ3) is 5.58. The van der Waals surface area contributed by atoms with Gasteiger partial charge in [-0.05, 0) is 41.5 Å². The van der Waals surface area contributed by atoms with Crippen molar-refractivity contribution in [2.45, 2.75) is 64.2 Å². The number of alkyl halides is 3. The molecule has 0 aliphatic heterocycles. The third-order valence-electron chi connectivity index (χ3n) is 2.05. The van der Waals surface area contributed by atoms with Crippen LogP contribution in [0, 0.1) is 0 Å². The maximum atomic E-state index is 12.6. The van der Waals surface area contributed by atoms with Crippen LogP contribution >= 0.6 is 0 Å². The molecule has 0 saturated carbocycles. The molecule has 0 spiro atoms. The highest BCUT2D eigenvalue weighted by molar-refractivity contribution is 7.91. The fourth-order valence-electron chi connectivity index (χ4n) is 0.861. The standard InChI is InChI=1S/C11H20F3NO2S/c1-8(7-15-18(16)9(2,3)4)17-10(5,6)11(12,13)14/h7-8H,1-6H3/b15-7+/t8-,18?/m1/s1. The number of rotatable bonds is 4. The zero-order valence-corrected chi connectivity index (χ0v) is 12.3. The molecule has 0 amide bonds. The summed E-state index contributed by atoms with van der Waals surface area (Å²) in [6.07, 6.45) is -4.18. The minimum absolute atomic E-state index is 0.546. The summed E-state index contributed by atoms with van der Waals surface area (Å²) in [4.78, 5) is 0. The van der Waals surface area contributed by atoms with Gasteiger partial charge in [-0.2, -0.15) is 13.2 Å². The molecule has 0 radical (unpaired) electrons. The molecular weight excluding hydrogens is 267 g/mol. The van der Waals surface area contributed by atoms with Crippen molar-refractivity contribution in [3.8, 4) is 0 Å². The maximum absolute atomic E-state index is 12.6. The zero-order chi connectivity index (χ0) is 14.8. The van der Waals surface area contributed by atoms with Gasteiger partial charge >= 0.3 is 6.18 Å². The topological polar surface area (TPSA) is 44.7 Å². The van der Waals surface area contributed by atoms with Crippen LogP contribution in [-0.2, 0) is 16.1 Å². The van der Waals surface area contributed by atoms with Gasteiger partial charge in [0, 0.05) is 0 Å². The molecule has 0 aromatic rings. The Morgan fingerprint density at radius 3 is 1.94 bits per heavy atom. The van der Waals surface area contributed by atoms with Crippen LogP contribution < -0.4 is 0 Å². The summed E-state index contributed by atoms with van der Waals surface area (Å²) < 4.78 is 57.3. The largest absolute Gasteiger partial charge is 0.591 e. The average molecular weight is 287 g/mol. The number of hydrogen-bond acceptors (Lipinski definition) is 3. The Labute approximate surface area is 109 Å². The van der Waals surface area contributed by atoms with Gasteiger partial charge in [0.25, 0.3) is 0 Å². The minimum atomic E-state index is -4.46. The summed E-state index contributed by atoms with van der Waals surface area (Å²) in [6.45, 7) is 8.50. The van der Waals surface area contributed by atoms with Crippen molar-refractivity contribution in [2.75, 3.05) is 0 Å². The van der Waals surface area contributed by atoms with E-state index >= 15 is 0 Å². The van der Waals surface area contributed by atoms with Gasteiger partial charge in [-0.25, -0.2) is 0 Å². The first kappa shape index (κ1) is 17.7. The van der Waals surface area contributed by atoms with Gasteiger partial charge in [-0.15, -0.1) is 0 Å². The monoisotopic (exact) mass is 287 g/mol. The molecule has 0 N–H and O–H groups in total. The Bertz CT molecular complexity index is 298. The lowest BCUT2D eigenvalue weighted by molar-refractivity contribution is -0.267. The molecule has 0 saturated heterocycles. The van der Waals surface area contributed by atoms with Crippen LogP contribution in [0.3, 0.4) is 0 Å². The Morgan fingerprint density at radius 2 is 1.61 bits per heavy atom. The van der Waals surface area contributed by atoms with Crippen molar-refractivity contribution < 1.29 is 22.5 Å². The molecule has 0 aromatic heterocycles. The molecule has 7 heteroatoms. The maximum Gasteiger partial charge on any atom is 0.416 e. The SMILES string of the molecule is C[C@H](/C=N/[S+]([O-])C(C)(C)C)OC(C)(C)C(F)(F)F. The molecule has 2 atom stereocenters. The van der Waals surface area contributed by atoms with Crippen LogP contribution in [-0.4, -0.2) is 33.4 Å². The van der Waals surface area contributed by atoms with Crippen LogP contribution in [0.15, 0.2) is 4.40 Å². The van der Waals surface area contributed by atoms with E-state index in [1.807, 2.05) is 0 Å². The second-order valence-electron chi connectivity index (χ2n) is 5.45. The van der Waals surface area contributed by atoms with Crippen molar-refractivity contribution in [3.05, 3.63) is 0 Å². The van der Waals surface area contributed by atoms with E-state index < -0.39 is 34.0 Å². The predicted octanol–water partition coefficient (Wildman–Crippen LogP) is 3.27. The van der Waals surface area contributed by atoms with Crippen LogP contribution in [0.1, 0.15) is 41.5 Å². The molecular formula is C11H20F3NO2S. The van der Waals surface area contributed by atoms with Crippen molar-refractivity contribution in [3.63, 3.8) is 0 Å². The fourth-order valence-corrected chi connectivity index (χ4v) is 1.46. The fraction of sp³-hybridized carbons (Fsp3) is 0.909. The third-order valence-corrected chi connectivity index (χ3v) is 3.41. The van der Waals surface area contributed by atoms with Gasteiger partial charge in [0.15, 0.2) is 5.60 Å². The van der Waals surface area contributed by atoms with Gasteiger partial charge < -0.3 is 9.29 Å². The quantitative estimate of drug-likeness (QED) is 0.588. The van der Waals surface area contributed by atoms with Gasteiger partial charge in [0.1, 0.15) is 16.1 Å². The van der Waals surface area contributed by atoms with E-state index in [1.54, 1.807) is 20.8 Å².